The van der Waals surface area contributed by atoms with Crippen LogP contribution in [-0.2, 0) is 4.74 Å². The third kappa shape index (κ3) is 2.24. The standard InChI is InChI=1S/C10H14F3NOS/c1-14-4-7-9-6(10(11,12)13)5-16-8(9)2-3-15-7/h5,7-9,14H,2-4H2,1H3. The molecule has 16 heavy (non-hydrogen) atoms. The second-order valence-corrected chi connectivity index (χ2v) is 5.14. The molecule has 2 rings (SSSR count). The van der Waals surface area contributed by atoms with Crippen LogP contribution in [0, 0.1) is 5.92 Å². The largest absolute Gasteiger partial charge is 0.413 e. The van der Waals surface area contributed by atoms with Crippen LogP contribution in [0.15, 0.2) is 11.0 Å². The number of thioether (sulfide) groups is 1. The molecule has 2 heterocycles. The minimum Gasteiger partial charge on any atom is -0.376 e. The molecular formula is C10H14F3NOS. The number of likely N-dealkylation sites (N-methyl/N-ethyl adjacent to an activating group) is 1. The zero-order chi connectivity index (χ0) is 11.8. The highest BCUT2D eigenvalue weighted by Gasteiger charge is 2.49. The zero-order valence-electron chi connectivity index (χ0n) is 8.88. The van der Waals surface area contributed by atoms with Crippen molar-refractivity contribution in [2.45, 2.75) is 24.0 Å². The molecule has 0 aliphatic carbocycles. The fourth-order valence-electron chi connectivity index (χ4n) is 2.29. The Morgan fingerprint density at radius 2 is 2.31 bits per heavy atom. The van der Waals surface area contributed by atoms with Crippen LogP contribution in [0.5, 0.6) is 0 Å². The molecule has 2 aliphatic rings. The second-order valence-electron chi connectivity index (χ2n) is 4.03. The number of hydrogen-bond acceptors (Lipinski definition) is 3. The fraction of sp³-hybridized carbons (Fsp3) is 0.800. The topological polar surface area (TPSA) is 21.3 Å². The van der Waals surface area contributed by atoms with Crippen molar-refractivity contribution in [1.82, 2.24) is 5.32 Å². The second kappa shape index (κ2) is 4.58. The van der Waals surface area contributed by atoms with Gasteiger partial charge in [0.15, 0.2) is 0 Å². The fourth-order valence-corrected chi connectivity index (χ4v) is 3.63. The van der Waals surface area contributed by atoms with Gasteiger partial charge in [-0.3, -0.25) is 0 Å². The molecular weight excluding hydrogens is 239 g/mol. The van der Waals surface area contributed by atoms with E-state index in [0.29, 0.717) is 19.6 Å². The first-order valence-corrected chi connectivity index (χ1v) is 6.17. The van der Waals surface area contributed by atoms with Gasteiger partial charge in [0, 0.05) is 29.9 Å². The monoisotopic (exact) mass is 253 g/mol. The number of fused-ring (bicyclic) bond motifs is 1. The van der Waals surface area contributed by atoms with Crippen molar-refractivity contribution in [3.05, 3.63) is 11.0 Å². The predicted molar refractivity (Wildman–Crippen MR) is 57.3 cm³/mol. The van der Waals surface area contributed by atoms with Crippen molar-refractivity contribution in [3.8, 4) is 0 Å². The van der Waals surface area contributed by atoms with Crippen molar-refractivity contribution in [3.63, 3.8) is 0 Å². The van der Waals surface area contributed by atoms with E-state index in [9.17, 15) is 13.2 Å². The molecule has 1 N–H and O–H groups in total. The van der Waals surface area contributed by atoms with Crippen LogP contribution in [-0.4, -0.2) is 37.7 Å². The molecule has 6 heteroatoms. The third-order valence-corrected chi connectivity index (χ3v) is 4.27. The lowest BCUT2D eigenvalue weighted by Crippen LogP contribution is -2.44. The van der Waals surface area contributed by atoms with E-state index in [4.69, 9.17) is 4.74 Å². The summed E-state index contributed by atoms with van der Waals surface area (Å²) in [5.41, 5.74) is -0.414. The molecule has 0 spiro atoms. The van der Waals surface area contributed by atoms with E-state index in [0.717, 1.165) is 0 Å². The van der Waals surface area contributed by atoms with Crippen molar-refractivity contribution < 1.29 is 17.9 Å². The van der Waals surface area contributed by atoms with Gasteiger partial charge in [0.2, 0.25) is 0 Å². The van der Waals surface area contributed by atoms with E-state index < -0.39 is 17.7 Å². The molecule has 1 fully saturated rings. The van der Waals surface area contributed by atoms with Crippen molar-refractivity contribution in [2.24, 2.45) is 5.92 Å². The molecule has 0 aromatic heterocycles. The van der Waals surface area contributed by atoms with Crippen LogP contribution in [0.3, 0.4) is 0 Å². The normalized spacial score (nSPS) is 34.8. The molecule has 3 unspecified atom stereocenters. The minimum atomic E-state index is -4.22. The average molecular weight is 253 g/mol. The molecule has 3 atom stereocenters. The first-order valence-electron chi connectivity index (χ1n) is 5.23. The molecule has 2 nitrogen and oxygen atoms in total. The maximum Gasteiger partial charge on any atom is 0.413 e. The average Bonchev–Trinajstić information content (AvgIpc) is 2.62. The number of halogens is 3. The summed E-state index contributed by atoms with van der Waals surface area (Å²) in [5.74, 6) is -0.508. The summed E-state index contributed by atoms with van der Waals surface area (Å²) in [6.45, 7) is 1.02. The lowest BCUT2D eigenvalue weighted by atomic mass is 9.87. The van der Waals surface area contributed by atoms with Crippen molar-refractivity contribution in [2.75, 3.05) is 20.2 Å². The van der Waals surface area contributed by atoms with Gasteiger partial charge in [0.1, 0.15) is 0 Å². The van der Waals surface area contributed by atoms with Crippen LogP contribution in [0.4, 0.5) is 13.2 Å². The molecule has 0 bridgehead atoms. The van der Waals surface area contributed by atoms with Gasteiger partial charge >= 0.3 is 6.18 Å². The summed E-state index contributed by atoms with van der Waals surface area (Å²) in [6, 6.07) is 0. The molecule has 0 aromatic rings. The van der Waals surface area contributed by atoms with E-state index in [1.807, 2.05) is 0 Å². The quantitative estimate of drug-likeness (QED) is 0.815. The van der Waals surface area contributed by atoms with Crippen LogP contribution < -0.4 is 5.32 Å². The predicted octanol–water partition coefficient (Wildman–Crippen LogP) is 2.17. The Morgan fingerprint density at radius 1 is 1.56 bits per heavy atom. The Kier molecular flexibility index (Phi) is 3.51. The van der Waals surface area contributed by atoms with E-state index in [2.05, 4.69) is 5.32 Å². The molecule has 0 amide bonds. The molecule has 0 radical (unpaired) electrons. The number of alkyl halides is 3. The summed E-state index contributed by atoms with van der Waals surface area (Å²) < 4.78 is 43.8. The first-order chi connectivity index (χ1) is 7.54. The van der Waals surface area contributed by atoms with E-state index in [1.165, 1.54) is 17.2 Å². The van der Waals surface area contributed by atoms with Gasteiger partial charge in [-0.25, -0.2) is 0 Å². The van der Waals surface area contributed by atoms with Gasteiger partial charge in [-0.05, 0) is 18.9 Å². The van der Waals surface area contributed by atoms with E-state index >= 15 is 0 Å². The minimum absolute atomic E-state index is 0.0312. The SMILES string of the molecule is CNCC1OCCC2SC=C(C(F)(F)F)C12. The highest BCUT2D eigenvalue weighted by molar-refractivity contribution is 8.03. The highest BCUT2D eigenvalue weighted by atomic mass is 32.2. The Labute approximate surface area is 96.6 Å². The van der Waals surface area contributed by atoms with Gasteiger partial charge in [-0.1, -0.05) is 0 Å². The maximum atomic E-state index is 12.8. The summed E-state index contributed by atoms with van der Waals surface area (Å²) in [6.07, 6.45) is -3.88. The number of rotatable bonds is 2. The molecule has 0 aromatic carbocycles. The smallest absolute Gasteiger partial charge is 0.376 e. The van der Waals surface area contributed by atoms with Crippen LogP contribution in [0.25, 0.3) is 0 Å². The van der Waals surface area contributed by atoms with Crippen molar-refractivity contribution >= 4 is 11.8 Å². The summed E-state index contributed by atoms with van der Waals surface area (Å²) in [5, 5.41) is 4.19. The van der Waals surface area contributed by atoms with Crippen LogP contribution >= 0.6 is 11.8 Å². The lowest BCUT2D eigenvalue weighted by Gasteiger charge is -2.35. The summed E-state index contributed by atoms with van der Waals surface area (Å²) in [7, 11) is 1.73. The zero-order valence-corrected chi connectivity index (χ0v) is 9.70. The first kappa shape index (κ1) is 12.3. The number of ether oxygens (including phenoxy) is 1. The van der Waals surface area contributed by atoms with Crippen LogP contribution in [0.1, 0.15) is 6.42 Å². The summed E-state index contributed by atoms with van der Waals surface area (Å²) >= 11 is 1.30. The Bertz CT molecular complexity index is 290. The Morgan fingerprint density at radius 3 is 2.94 bits per heavy atom. The number of hydrogen-bond donors (Lipinski definition) is 1. The van der Waals surface area contributed by atoms with Gasteiger partial charge in [0.05, 0.1) is 6.10 Å². The van der Waals surface area contributed by atoms with E-state index in [1.54, 1.807) is 7.05 Å². The third-order valence-electron chi connectivity index (χ3n) is 3.00. The molecule has 0 saturated carbocycles. The maximum absolute atomic E-state index is 12.8. The number of nitrogens with one attached hydrogen (secondary N) is 1. The molecule has 2 aliphatic heterocycles. The van der Waals surface area contributed by atoms with Gasteiger partial charge in [-0.15, -0.1) is 11.8 Å². The molecule has 1 saturated heterocycles. The lowest BCUT2D eigenvalue weighted by molar-refractivity contribution is -0.112. The Hall–Kier alpha value is -0.200. The highest BCUT2D eigenvalue weighted by Crippen LogP contribution is 2.48. The Balaban J connectivity index is 2.17. The van der Waals surface area contributed by atoms with E-state index in [-0.39, 0.29) is 11.4 Å². The molecule has 92 valence electrons. The van der Waals surface area contributed by atoms with Gasteiger partial charge in [-0.2, -0.15) is 13.2 Å². The van der Waals surface area contributed by atoms with Crippen molar-refractivity contribution in [1.29, 1.82) is 0 Å². The summed E-state index contributed by atoms with van der Waals surface area (Å²) in [4.78, 5) is 0. The van der Waals surface area contributed by atoms with Gasteiger partial charge < -0.3 is 10.1 Å². The van der Waals surface area contributed by atoms with Gasteiger partial charge in [0.25, 0.3) is 0 Å². The van der Waals surface area contributed by atoms with Crippen LogP contribution in [0.2, 0.25) is 0 Å².